The minimum absolute atomic E-state index is 0.240. The van der Waals surface area contributed by atoms with Crippen LogP contribution in [-0.2, 0) is 33.2 Å². The van der Waals surface area contributed by atoms with Crippen molar-refractivity contribution >= 4 is 5.91 Å². The molecule has 17 unspecified atom stereocenters. The zero-order valence-corrected chi connectivity index (χ0v) is 56.8. The average Bonchev–Trinajstić information content (AvgIpc) is 0.850. The largest absolute Gasteiger partial charge is 0.394 e. The first-order valence-electron chi connectivity index (χ1n) is 37.1. The molecule has 91 heavy (non-hydrogen) atoms. The van der Waals surface area contributed by atoms with E-state index in [-0.39, 0.29) is 18.9 Å². The van der Waals surface area contributed by atoms with E-state index in [2.05, 4.69) is 31.3 Å². The van der Waals surface area contributed by atoms with Crippen LogP contribution in [0.4, 0.5) is 0 Å². The number of carbonyl (C=O) groups is 1. The number of rotatable bonds is 58. The highest BCUT2D eigenvalue weighted by atomic mass is 16.8. The summed E-state index contributed by atoms with van der Waals surface area (Å²) in [6, 6.07) is -0.985. The number of unbranched alkanes of at least 4 members (excludes halogenated alkanes) is 40. The van der Waals surface area contributed by atoms with Gasteiger partial charge in [0.05, 0.1) is 38.6 Å². The quantitative estimate of drug-likeness (QED) is 0.0199. The molecule has 0 spiro atoms. The first-order chi connectivity index (χ1) is 44.3. The second-order valence-corrected chi connectivity index (χ2v) is 26.8. The number of hydrogen-bond acceptors (Lipinski definition) is 18. The van der Waals surface area contributed by atoms with Gasteiger partial charge >= 0.3 is 0 Å². The molecule has 536 valence electrons. The van der Waals surface area contributed by atoms with Crippen LogP contribution in [0.3, 0.4) is 0 Å². The van der Waals surface area contributed by atoms with Gasteiger partial charge in [-0.1, -0.05) is 282 Å². The predicted octanol–water partition coefficient (Wildman–Crippen LogP) is 10.6. The number of nitrogens with one attached hydrogen (secondary N) is 1. The van der Waals surface area contributed by atoms with Gasteiger partial charge in [-0.2, -0.15) is 0 Å². The van der Waals surface area contributed by atoms with Gasteiger partial charge in [0.2, 0.25) is 5.91 Å². The molecule has 12 N–H and O–H groups in total. The van der Waals surface area contributed by atoms with Gasteiger partial charge in [0.1, 0.15) is 73.2 Å². The zero-order valence-electron chi connectivity index (χ0n) is 56.8. The molecule has 3 aliphatic heterocycles. The summed E-state index contributed by atoms with van der Waals surface area (Å²) in [6.07, 6.45) is 36.5. The molecule has 3 rings (SSSR count). The standard InChI is InChI=1S/C72H135NO18/c1-3-5-7-9-11-13-15-16-17-18-19-20-21-22-23-24-25-26-27-28-29-30-31-32-33-34-35-36-37-38-40-42-44-46-48-50-60(78)73-55(56(77)49-47-45-43-41-39-14-12-10-8-6-4-2)54-86-70-66(84)63(81)68(58(52-75)88-70)91-72-67(85)64(82)69(59(53-76)89-72)90-71-65(83)62(80)61(79)57(51-74)87-71/h39,41,47,49,55-59,61-72,74-77,79-85H,3-38,40,42-46,48,50-54H2,1-2H3,(H,73,78)/b41-39+,49-47+. The van der Waals surface area contributed by atoms with E-state index in [1.165, 1.54) is 225 Å². The Balaban J connectivity index is 1.30. The highest BCUT2D eigenvalue weighted by Gasteiger charge is 2.53. The molecule has 0 aliphatic carbocycles. The Labute approximate surface area is 549 Å². The Bertz CT molecular complexity index is 1750. The second kappa shape index (κ2) is 54.3. The van der Waals surface area contributed by atoms with Crippen LogP contribution in [0.15, 0.2) is 24.3 Å². The fourth-order valence-electron chi connectivity index (χ4n) is 12.7. The summed E-state index contributed by atoms with van der Waals surface area (Å²) in [7, 11) is 0. The molecule has 0 radical (unpaired) electrons. The van der Waals surface area contributed by atoms with Crippen molar-refractivity contribution in [2.75, 3.05) is 26.4 Å². The zero-order chi connectivity index (χ0) is 66.1. The maximum atomic E-state index is 13.4. The third kappa shape index (κ3) is 35.9. The topological polar surface area (TPSA) is 307 Å². The molecule has 3 aliphatic rings. The molecule has 17 atom stereocenters. The molecular weight excluding hydrogens is 1170 g/mol. The van der Waals surface area contributed by atoms with E-state index in [1.807, 2.05) is 6.08 Å². The molecule has 0 aromatic heterocycles. The summed E-state index contributed by atoms with van der Waals surface area (Å²) in [5, 5.41) is 120. The fourth-order valence-corrected chi connectivity index (χ4v) is 12.7. The van der Waals surface area contributed by atoms with Gasteiger partial charge < -0.3 is 89.9 Å². The Hall–Kier alpha value is -1.73. The number of ether oxygens (including phenoxy) is 6. The van der Waals surface area contributed by atoms with Gasteiger partial charge in [0, 0.05) is 6.42 Å². The van der Waals surface area contributed by atoms with Gasteiger partial charge in [0.15, 0.2) is 18.9 Å². The van der Waals surface area contributed by atoms with Crippen LogP contribution in [0.1, 0.15) is 296 Å². The summed E-state index contributed by atoms with van der Waals surface area (Å²) in [6.45, 7) is 1.71. The van der Waals surface area contributed by atoms with Crippen molar-refractivity contribution in [3.8, 4) is 0 Å². The SMILES string of the molecule is CCCCCCC/C=C/CC/C=C/C(O)C(COC1OC(CO)C(OC2OC(CO)C(OC3OC(CO)C(O)C(O)C3O)C(O)C2O)C(O)C1O)NC(=O)CCCCCCCCCCCCCCCCCCCCCCCCCCCCCCCCCCCCC. The van der Waals surface area contributed by atoms with Crippen molar-refractivity contribution in [1.82, 2.24) is 5.32 Å². The van der Waals surface area contributed by atoms with Crippen LogP contribution < -0.4 is 5.32 Å². The first kappa shape index (κ1) is 83.5. The molecule has 0 aromatic rings. The molecule has 3 saturated heterocycles. The monoisotopic (exact) mass is 1300 g/mol. The van der Waals surface area contributed by atoms with Crippen molar-refractivity contribution in [1.29, 1.82) is 0 Å². The van der Waals surface area contributed by atoms with Crippen LogP contribution in [0.25, 0.3) is 0 Å². The fraction of sp³-hybridized carbons (Fsp3) is 0.931. The number of hydrogen-bond donors (Lipinski definition) is 12. The smallest absolute Gasteiger partial charge is 0.220 e. The lowest BCUT2D eigenvalue weighted by Crippen LogP contribution is -2.66. The van der Waals surface area contributed by atoms with Crippen LogP contribution in [0.5, 0.6) is 0 Å². The highest BCUT2D eigenvalue weighted by Crippen LogP contribution is 2.33. The molecular formula is C72H135NO18. The Morgan fingerprint density at radius 2 is 0.703 bits per heavy atom. The average molecular weight is 1300 g/mol. The van der Waals surface area contributed by atoms with E-state index in [4.69, 9.17) is 28.4 Å². The summed E-state index contributed by atoms with van der Waals surface area (Å²) >= 11 is 0. The van der Waals surface area contributed by atoms with E-state index >= 15 is 0 Å². The third-order valence-corrected chi connectivity index (χ3v) is 18.8. The molecule has 0 aromatic carbocycles. The molecule has 19 nitrogen and oxygen atoms in total. The van der Waals surface area contributed by atoms with Crippen LogP contribution in [0, 0.1) is 0 Å². The number of allylic oxidation sites excluding steroid dienone is 3. The lowest BCUT2D eigenvalue weighted by Gasteiger charge is -2.48. The van der Waals surface area contributed by atoms with E-state index < -0.39 is 124 Å². The molecule has 1 amide bonds. The van der Waals surface area contributed by atoms with E-state index in [9.17, 15) is 61.0 Å². The minimum atomic E-state index is -1.98. The Kier molecular flexibility index (Phi) is 49.8. The van der Waals surface area contributed by atoms with E-state index in [1.54, 1.807) is 6.08 Å². The number of aliphatic hydroxyl groups is 11. The maximum Gasteiger partial charge on any atom is 0.220 e. The summed E-state index contributed by atoms with van der Waals surface area (Å²) in [5.74, 6) is -0.281. The Morgan fingerprint density at radius 3 is 1.10 bits per heavy atom. The highest BCUT2D eigenvalue weighted by molar-refractivity contribution is 5.76. The van der Waals surface area contributed by atoms with Gasteiger partial charge in [-0.15, -0.1) is 0 Å². The lowest BCUT2D eigenvalue weighted by molar-refractivity contribution is -0.379. The van der Waals surface area contributed by atoms with E-state index in [0.717, 1.165) is 38.5 Å². The summed E-state index contributed by atoms with van der Waals surface area (Å²) < 4.78 is 34.3. The van der Waals surface area contributed by atoms with Gasteiger partial charge in [-0.05, 0) is 32.1 Å². The van der Waals surface area contributed by atoms with Crippen molar-refractivity contribution in [2.24, 2.45) is 0 Å². The Morgan fingerprint density at radius 1 is 0.385 bits per heavy atom. The van der Waals surface area contributed by atoms with Crippen molar-refractivity contribution in [3.63, 3.8) is 0 Å². The molecule has 0 bridgehead atoms. The van der Waals surface area contributed by atoms with Crippen LogP contribution in [0.2, 0.25) is 0 Å². The summed E-state index contributed by atoms with van der Waals surface area (Å²) in [4.78, 5) is 13.4. The summed E-state index contributed by atoms with van der Waals surface area (Å²) in [5.41, 5.74) is 0. The van der Waals surface area contributed by atoms with Crippen molar-refractivity contribution in [3.05, 3.63) is 24.3 Å². The van der Waals surface area contributed by atoms with E-state index in [0.29, 0.717) is 12.8 Å². The molecule has 0 saturated carbocycles. The maximum absolute atomic E-state index is 13.4. The van der Waals surface area contributed by atoms with Gasteiger partial charge in [0.25, 0.3) is 0 Å². The lowest BCUT2D eigenvalue weighted by atomic mass is 9.96. The van der Waals surface area contributed by atoms with Crippen LogP contribution in [-0.4, -0.2) is 193 Å². The first-order valence-corrected chi connectivity index (χ1v) is 37.1. The molecule has 3 heterocycles. The third-order valence-electron chi connectivity index (χ3n) is 18.8. The van der Waals surface area contributed by atoms with Crippen LogP contribution >= 0.6 is 0 Å². The molecule has 19 heteroatoms. The number of carbonyl (C=O) groups excluding carboxylic acids is 1. The molecule has 3 fully saturated rings. The second-order valence-electron chi connectivity index (χ2n) is 26.8. The minimum Gasteiger partial charge on any atom is -0.394 e. The number of aliphatic hydroxyl groups excluding tert-OH is 11. The van der Waals surface area contributed by atoms with Crippen molar-refractivity contribution in [2.45, 2.75) is 401 Å². The predicted molar refractivity (Wildman–Crippen MR) is 356 cm³/mol. The van der Waals surface area contributed by atoms with Gasteiger partial charge in [-0.3, -0.25) is 4.79 Å². The number of amides is 1. The van der Waals surface area contributed by atoms with Gasteiger partial charge in [-0.25, -0.2) is 0 Å². The normalized spacial score (nSPS) is 27.9. The van der Waals surface area contributed by atoms with Crippen molar-refractivity contribution < 1.29 is 89.4 Å².